The molecule has 7 heteroatoms. The van der Waals surface area contributed by atoms with E-state index in [-0.39, 0.29) is 5.91 Å². The fourth-order valence-electron chi connectivity index (χ4n) is 2.69. The first-order valence-electron chi connectivity index (χ1n) is 8.80. The normalized spacial score (nSPS) is 13.1. The van der Waals surface area contributed by atoms with E-state index >= 15 is 0 Å². The average molecular weight is 385 g/mol. The number of aliphatic hydroxyl groups is 1. The number of hydrogen-bond donors (Lipinski definition) is 3. The van der Waals surface area contributed by atoms with E-state index in [1.54, 1.807) is 18.3 Å². The molecule has 0 aliphatic rings. The Morgan fingerprint density at radius 3 is 2.89 bits per heavy atom. The van der Waals surface area contributed by atoms with Crippen LogP contribution in [-0.2, 0) is 0 Å². The van der Waals surface area contributed by atoms with Gasteiger partial charge in [-0.25, -0.2) is 4.98 Å². The number of ether oxygens (including phenoxy) is 1. The second-order valence-electron chi connectivity index (χ2n) is 6.35. The zero-order chi connectivity index (χ0) is 19.2. The number of thiophene rings is 1. The first kappa shape index (κ1) is 19.1. The van der Waals surface area contributed by atoms with Gasteiger partial charge in [-0.15, -0.1) is 11.3 Å². The lowest BCUT2D eigenvalue weighted by atomic mass is 10.1. The van der Waals surface area contributed by atoms with Crippen LogP contribution < -0.4 is 10.1 Å². The molecule has 0 aliphatic carbocycles. The number of aromatic amines is 1. The molecule has 0 fully saturated rings. The predicted molar refractivity (Wildman–Crippen MR) is 106 cm³/mol. The lowest BCUT2D eigenvalue weighted by molar-refractivity contribution is 0.0827. The summed E-state index contributed by atoms with van der Waals surface area (Å²) in [6, 6.07) is 11.7. The number of nitrogens with zero attached hydrogens (tertiary/aromatic N) is 1. The molecule has 1 amide bonds. The fraction of sp³-hybridized carbons (Fsp3) is 0.300. The minimum atomic E-state index is -0.697. The summed E-state index contributed by atoms with van der Waals surface area (Å²) in [6.07, 6.45) is 2.74. The summed E-state index contributed by atoms with van der Waals surface area (Å²) in [6.45, 7) is 4.11. The van der Waals surface area contributed by atoms with Crippen molar-refractivity contribution in [1.29, 1.82) is 0 Å². The molecule has 0 aliphatic heterocycles. The summed E-state index contributed by atoms with van der Waals surface area (Å²) in [5.41, 5.74) is 1.41. The molecule has 2 aromatic heterocycles. The third-order valence-corrected chi connectivity index (χ3v) is 5.24. The third kappa shape index (κ3) is 5.18. The number of carbonyl (C=O) groups is 1. The van der Waals surface area contributed by atoms with E-state index in [9.17, 15) is 9.90 Å². The van der Waals surface area contributed by atoms with Crippen LogP contribution in [0, 0.1) is 6.92 Å². The summed E-state index contributed by atoms with van der Waals surface area (Å²) in [7, 11) is 0. The van der Waals surface area contributed by atoms with Gasteiger partial charge in [0.2, 0.25) is 0 Å². The Morgan fingerprint density at radius 2 is 2.22 bits per heavy atom. The fourth-order valence-corrected chi connectivity index (χ4v) is 3.56. The monoisotopic (exact) mass is 385 g/mol. The molecule has 3 N–H and O–H groups in total. The summed E-state index contributed by atoms with van der Waals surface area (Å²) in [5, 5.41) is 12.7. The van der Waals surface area contributed by atoms with Crippen molar-refractivity contribution in [3.8, 4) is 16.2 Å². The van der Waals surface area contributed by atoms with E-state index in [1.165, 1.54) is 22.3 Å². The molecule has 0 unspecified atom stereocenters. The molecule has 0 radical (unpaired) electrons. The van der Waals surface area contributed by atoms with Crippen LogP contribution in [0.5, 0.6) is 5.75 Å². The highest BCUT2D eigenvalue weighted by atomic mass is 32.1. The van der Waals surface area contributed by atoms with Gasteiger partial charge < -0.3 is 20.1 Å². The maximum absolute atomic E-state index is 12.1. The Morgan fingerprint density at radius 1 is 1.37 bits per heavy atom. The van der Waals surface area contributed by atoms with Crippen molar-refractivity contribution in [3.05, 3.63) is 59.5 Å². The molecule has 0 spiro atoms. The van der Waals surface area contributed by atoms with Gasteiger partial charge in [0.15, 0.2) is 0 Å². The van der Waals surface area contributed by atoms with Crippen LogP contribution in [0.1, 0.15) is 28.7 Å². The molecule has 6 nitrogen and oxygen atoms in total. The highest BCUT2D eigenvalue weighted by Gasteiger charge is 2.19. The zero-order valence-corrected chi connectivity index (χ0v) is 16.1. The van der Waals surface area contributed by atoms with E-state index < -0.39 is 12.1 Å². The number of H-pyrrole nitrogens is 1. The highest BCUT2D eigenvalue weighted by molar-refractivity contribution is 7.15. The van der Waals surface area contributed by atoms with Gasteiger partial charge in [-0.1, -0.05) is 12.1 Å². The second kappa shape index (κ2) is 8.83. The van der Waals surface area contributed by atoms with Gasteiger partial charge in [0.25, 0.3) is 5.91 Å². The lowest BCUT2D eigenvalue weighted by Crippen LogP contribution is -2.43. The van der Waals surface area contributed by atoms with Gasteiger partial charge >= 0.3 is 0 Å². The Balaban J connectivity index is 1.56. The Hall–Kier alpha value is -2.64. The van der Waals surface area contributed by atoms with Crippen molar-refractivity contribution in [2.45, 2.75) is 32.4 Å². The molecular weight excluding hydrogens is 362 g/mol. The number of amides is 1. The second-order valence-corrected chi connectivity index (χ2v) is 7.64. The summed E-state index contributed by atoms with van der Waals surface area (Å²) < 4.78 is 5.85. The van der Waals surface area contributed by atoms with Crippen LogP contribution in [0.4, 0.5) is 0 Å². The highest BCUT2D eigenvalue weighted by Crippen LogP contribution is 2.30. The topological polar surface area (TPSA) is 87.2 Å². The first-order valence-corrected chi connectivity index (χ1v) is 9.62. The number of hydrogen-bond acceptors (Lipinski definition) is 5. The zero-order valence-electron chi connectivity index (χ0n) is 15.3. The van der Waals surface area contributed by atoms with Gasteiger partial charge in [-0.05, 0) is 43.7 Å². The maximum Gasteiger partial charge on any atom is 0.271 e. The van der Waals surface area contributed by atoms with E-state index in [2.05, 4.69) is 40.4 Å². The van der Waals surface area contributed by atoms with E-state index in [0.29, 0.717) is 18.7 Å². The lowest BCUT2D eigenvalue weighted by Gasteiger charge is -2.21. The van der Waals surface area contributed by atoms with Gasteiger partial charge in [-0.2, -0.15) is 0 Å². The van der Waals surface area contributed by atoms with Crippen molar-refractivity contribution in [2.24, 2.45) is 0 Å². The van der Waals surface area contributed by atoms with E-state index in [0.717, 1.165) is 11.3 Å². The maximum atomic E-state index is 12.1. The Labute approximate surface area is 162 Å². The molecule has 1 aromatic carbocycles. The molecule has 3 aromatic rings. The SMILES string of the molecule is Cc1ccc(-c2cccc(OCC[C@@H](NC(=O)c3c[nH]cn3)[C@H](C)O)c2)s1. The number of aryl methyl sites for hydroxylation is 1. The van der Waals surface area contributed by atoms with Crippen molar-refractivity contribution in [2.75, 3.05) is 6.61 Å². The van der Waals surface area contributed by atoms with Crippen LogP contribution in [-0.4, -0.2) is 39.7 Å². The molecule has 0 saturated carbocycles. The molecule has 3 rings (SSSR count). The Bertz CT molecular complexity index is 874. The van der Waals surface area contributed by atoms with Gasteiger partial charge in [-0.3, -0.25) is 4.79 Å². The van der Waals surface area contributed by atoms with Crippen LogP contribution in [0.25, 0.3) is 10.4 Å². The van der Waals surface area contributed by atoms with Crippen LogP contribution >= 0.6 is 11.3 Å². The molecule has 2 atom stereocenters. The quantitative estimate of drug-likeness (QED) is 0.555. The summed E-state index contributed by atoms with van der Waals surface area (Å²) in [5.74, 6) is 0.443. The summed E-state index contributed by atoms with van der Waals surface area (Å²) in [4.78, 5) is 21.2. The van der Waals surface area contributed by atoms with Crippen LogP contribution in [0.3, 0.4) is 0 Å². The number of imidazole rings is 1. The number of carbonyl (C=O) groups excluding carboxylic acids is 1. The van der Waals surface area contributed by atoms with Gasteiger partial charge in [0, 0.05) is 22.4 Å². The first-order chi connectivity index (χ1) is 13.0. The smallest absolute Gasteiger partial charge is 0.271 e. The standard InChI is InChI=1S/C20H23N3O3S/c1-13-6-7-19(27-13)15-4-3-5-16(10-15)26-9-8-17(14(2)24)23-20(25)18-11-21-12-22-18/h3-7,10-12,14,17,24H,8-9H2,1-2H3,(H,21,22)(H,23,25)/t14-,17+/m0/s1. The Kier molecular flexibility index (Phi) is 6.26. The van der Waals surface area contributed by atoms with Crippen LogP contribution in [0.15, 0.2) is 48.9 Å². The number of nitrogens with one attached hydrogen (secondary N) is 2. The van der Waals surface area contributed by atoms with Gasteiger partial charge in [0.05, 0.1) is 25.1 Å². The molecule has 142 valence electrons. The van der Waals surface area contributed by atoms with E-state index in [1.807, 2.05) is 18.2 Å². The average Bonchev–Trinajstić information content (AvgIpc) is 3.32. The van der Waals surface area contributed by atoms with Crippen molar-refractivity contribution in [3.63, 3.8) is 0 Å². The molecule has 0 bridgehead atoms. The number of aromatic nitrogens is 2. The van der Waals surface area contributed by atoms with Crippen LogP contribution in [0.2, 0.25) is 0 Å². The van der Waals surface area contributed by atoms with Crippen molar-refractivity contribution < 1.29 is 14.6 Å². The van der Waals surface area contributed by atoms with Gasteiger partial charge in [0.1, 0.15) is 11.4 Å². The number of benzene rings is 1. The molecule has 2 heterocycles. The predicted octanol–water partition coefficient (Wildman–Crippen LogP) is 3.39. The van der Waals surface area contributed by atoms with Crippen molar-refractivity contribution in [1.82, 2.24) is 15.3 Å². The third-order valence-electron chi connectivity index (χ3n) is 4.19. The molecule has 0 saturated heterocycles. The number of rotatable bonds is 8. The largest absolute Gasteiger partial charge is 0.493 e. The van der Waals surface area contributed by atoms with E-state index in [4.69, 9.17) is 4.74 Å². The minimum Gasteiger partial charge on any atom is -0.493 e. The minimum absolute atomic E-state index is 0.292. The van der Waals surface area contributed by atoms with Crippen molar-refractivity contribution >= 4 is 17.2 Å². The summed E-state index contributed by atoms with van der Waals surface area (Å²) >= 11 is 1.74. The molecule has 27 heavy (non-hydrogen) atoms. The number of aliphatic hydroxyl groups excluding tert-OH is 1. The molecular formula is C20H23N3O3S.